The molecule has 2 aromatic carbocycles. The van der Waals surface area contributed by atoms with E-state index in [2.05, 4.69) is 10.6 Å². The maximum atomic E-state index is 13.2. The monoisotopic (exact) mass is 385 g/mol. The Labute approximate surface area is 161 Å². The number of hydrogen-bond acceptors (Lipinski definition) is 4. The first-order valence-corrected chi connectivity index (χ1v) is 8.76. The van der Waals surface area contributed by atoms with Crippen LogP contribution in [-0.2, 0) is 9.53 Å². The van der Waals surface area contributed by atoms with E-state index < -0.39 is 23.7 Å². The van der Waals surface area contributed by atoms with Crippen molar-refractivity contribution < 1.29 is 23.5 Å². The van der Waals surface area contributed by atoms with E-state index in [9.17, 15) is 18.8 Å². The third-order valence-electron chi connectivity index (χ3n) is 4.45. The Morgan fingerprint density at radius 1 is 1.25 bits per heavy atom. The maximum Gasteiger partial charge on any atom is 0.321 e. The minimum Gasteiger partial charge on any atom is -0.469 e. The van der Waals surface area contributed by atoms with Crippen LogP contribution in [-0.4, -0.2) is 38.1 Å². The Morgan fingerprint density at radius 3 is 2.64 bits per heavy atom. The lowest BCUT2D eigenvalue weighted by Crippen LogP contribution is -2.31. The Hall–Kier alpha value is -3.42. The van der Waals surface area contributed by atoms with Gasteiger partial charge in [0.2, 0.25) is 0 Å². The molecule has 146 valence electrons. The average Bonchev–Trinajstić information content (AvgIpc) is 3.14. The lowest BCUT2D eigenvalue weighted by atomic mass is 10.0. The number of carbonyl (C=O) groups is 3. The number of methoxy groups -OCH3 is 1. The van der Waals surface area contributed by atoms with Crippen molar-refractivity contribution >= 4 is 23.6 Å². The maximum absolute atomic E-state index is 13.2. The van der Waals surface area contributed by atoms with E-state index in [1.807, 2.05) is 0 Å². The normalized spacial score (nSPS) is 14.4. The highest BCUT2D eigenvalue weighted by Gasteiger charge is 2.23. The smallest absolute Gasteiger partial charge is 0.321 e. The molecule has 1 aliphatic rings. The molecule has 0 saturated carbocycles. The van der Waals surface area contributed by atoms with Crippen LogP contribution in [0.1, 0.15) is 28.4 Å². The summed E-state index contributed by atoms with van der Waals surface area (Å²) in [7, 11) is 1.26. The van der Waals surface area contributed by atoms with E-state index in [-0.39, 0.29) is 12.5 Å². The topological polar surface area (TPSA) is 87.7 Å². The van der Waals surface area contributed by atoms with E-state index in [0.717, 1.165) is 0 Å². The third kappa shape index (κ3) is 4.46. The van der Waals surface area contributed by atoms with Crippen LogP contribution in [0.15, 0.2) is 48.5 Å². The molecule has 2 aromatic rings. The fourth-order valence-electron chi connectivity index (χ4n) is 2.97. The van der Waals surface area contributed by atoms with Crippen LogP contribution >= 0.6 is 0 Å². The van der Waals surface area contributed by atoms with Gasteiger partial charge in [-0.2, -0.15) is 0 Å². The molecule has 7 nitrogen and oxygen atoms in total. The van der Waals surface area contributed by atoms with E-state index >= 15 is 0 Å². The third-order valence-corrected chi connectivity index (χ3v) is 4.45. The van der Waals surface area contributed by atoms with Crippen LogP contribution < -0.4 is 15.5 Å². The van der Waals surface area contributed by atoms with Gasteiger partial charge in [-0.3, -0.25) is 14.5 Å². The summed E-state index contributed by atoms with van der Waals surface area (Å²) in [6.07, 6.45) is -0.0951. The van der Waals surface area contributed by atoms with Crippen LogP contribution in [0, 0.1) is 5.82 Å². The number of halogens is 1. The van der Waals surface area contributed by atoms with E-state index in [1.54, 1.807) is 29.2 Å². The summed E-state index contributed by atoms with van der Waals surface area (Å²) in [6.45, 7) is 1.06. The summed E-state index contributed by atoms with van der Waals surface area (Å²) >= 11 is 0. The summed E-state index contributed by atoms with van der Waals surface area (Å²) in [5.74, 6) is -1.33. The number of hydrogen-bond donors (Lipinski definition) is 2. The molecule has 1 unspecified atom stereocenters. The van der Waals surface area contributed by atoms with Gasteiger partial charge in [0.25, 0.3) is 5.91 Å². The van der Waals surface area contributed by atoms with Crippen LogP contribution in [0.4, 0.5) is 14.9 Å². The molecule has 1 fully saturated rings. The number of carbonyl (C=O) groups excluding carboxylic acids is 3. The molecule has 1 heterocycles. The second kappa shape index (κ2) is 8.51. The second-order valence-corrected chi connectivity index (χ2v) is 6.29. The molecule has 3 rings (SSSR count). The minimum atomic E-state index is -0.681. The summed E-state index contributed by atoms with van der Waals surface area (Å²) < 4.78 is 17.9. The molecule has 8 heteroatoms. The average molecular weight is 385 g/mol. The zero-order valence-electron chi connectivity index (χ0n) is 15.3. The SMILES string of the molecule is COC(=O)CC(NC(=O)c1cccc(N2CCNC2=O)c1)c1ccc(F)cc1. The molecule has 0 spiro atoms. The Bertz CT molecular complexity index is 885. The molecule has 2 N–H and O–H groups in total. The number of amides is 3. The van der Waals surface area contributed by atoms with Gasteiger partial charge in [0.1, 0.15) is 5.82 Å². The molecule has 1 atom stereocenters. The summed E-state index contributed by atoms with van der Waals surface area (Å²) in [5, 5.41) is 5.49. The van der Waals surface area contributed by atoms with Crippen LogP contribution in [0.2, 0.25) is 0 Å². The highest BCUT2D eigenvalue weighted by molar-refractivity contribution is 5.98. The number of ether oxygens (including phenoxy) is 1. The van der Waals surface area contributed by atoms with Crippen molar-refractivity contribution in [2.45, 2.75) is 12.5 Å². The van der Waals surface area contributed by atoms with Crippen molar-refractivity contribution in [3.8, 4) is 0 Å². The zero-order valence-corrected chi connectivity index (χ0v) is 15.3. The van der Waals surface area contributed by atoms with Gasteiger partial charge in [-0.1, -0.05) is 18.2 Å². The summed E-state index contributed by atoms with van der Waals surface area (Å²) in [6, 6.07) is 11.3. The largest absolute Gasteiger partial charge is 0.469 e. The molecular weight excluding hydrogens is 365 g/mol. The number of esters is 1. The molecule has 0 aromatic heterocycles. The van der Waals surface area contributed by atoms with Crippen molar-refractivity contribution in [3.05, 3.63) is 65.5 Å². The standard InChI is InChI=1S/C20H20FN3O4/c1-28-18(25)12-17(13-5-7-15(21)8-6-13)23-19(26)14-3-2-4-16(11-14)24-10-9-22-20(24)27/h2-8,11,17H,9-10,12H2,1H3,(H,22,27)(H,23,26). The van der Waals surface area contributed by atoms with Gasteiger partial charge >= 0.3 is 12.0 Å². The lowest BCUT2D eigenvalue weighted by molar-refractivity contribution is -0.141. The van der Waals surface area contributed by atoms with E-state index in [1.165, 1.54) is 31.4 Å². The van der Waals surface area contributed by atoms with E-state index in [4.69, 9.17) is 4.74 Å². The van der Waals surface area contributed by atoms with E-state index in [0.29, 0.717) is 29.9 Å². The van der Waals surface area contributed by atoms with Crippen molar-refractivity contribution in [3.63, 3.8) is 0 Å². The molecule has 0 bridgehead atoms. The van der Waals surface area contributed by atoms with Gasteiger partial charge in [0, 0.05) is 24.3 Å². The summed E-state index contributed by atoms with van der Waals surface area (Å²) in [4.78, 5) is 37.9. The quantitative estimate of drug-likeness (QED) is 0.748. The number of urea groups is 1. The van der Waals surface area contributed by atoms with Crippen LogP contribution in [0.25, 0.3) is 0 Å². The first kappa shape index (κ1) is 19.3. The van der Waals surface area contributed by atoms with Gasteiger partial charge in [-0.25, -0.2) is 9.18 Å². The molecule has 1 saturated heterocycles. The highest BCUT2D eigenvalue weighted by Crippen LogP contribution is 2.21. The molecule has 28 heavy (non-hydrogen) atoms. The van der Waals surface area contributed by atoms with Gasteiger partial charge in [-0.05, 0) is 35.9 Å². The first-order chi connectivity index (χ1) is 13.5. The number of nitrogens with one attached hydrogen (secondary N) is 2. The van der Waals surface area contributed by atoms with Gasteiger partial charge < -0.3 is 15.4 Å². The molecular formula is C20H20FN3O4. The predicted octanol–water partition coefficient (Wildman–Crippen LogP) is 2.39. The van der Waals surface area contributed by atoms with Gasteiger partial charge in [-0.15, -0.1) is 0 Å². The van der Waals surface area contributed by atoms with Crippen molar-refractivity contribution in [2.24, 2.45) is 0 Å². The Balaban J connectivity index is 1.80. The number of nitrogens with zero attached hydrogens (tertiary/aromatic N) is 1. The van der Waals surface area contributed by atoms with Crippen LogP contribution in [0.3, 0.4) is 0 Å². The first-order valence-electron chi connectivity index (χ1n) is 8.76. The van der Waals surface area contributed by atoms with Gasteiger partial charge in [0.15, 0.2) is 0 Å². The zero-order chi connectivity index (χ0) is 20.1. The molecule has 0 aliphatic carbocycles. The lowest BCUT2D eigenvalue weighted by Gasteiger charge is -2.19. The number of benzene rings is 2. The molecule has 0 radical (unpaired) electrons. The number of rotatable bonds is 6. The Morgan fingerprint density at radius 2 is 2.00 bits per heavy atom. The molecule has 3 amide bonds. The highest BCUT2D eigenvalue weighted by atomic mass is 19.1. The minimum absolute atomic E-state index is 0.0951. The predicted molar refractivity (Wildman–Crippen MR) is 100 cm³/mol. The molecule has 1 aliphatic heterocycles. The summed E-state index contributed by atoms with van der Waals surface area (Å²) in [5.41, 5.74) is 1.53. The number of anilines is 1. The van der Waals surface area contributed by atoms with Gasteiger partial charge in [0.05, 0.1) is 19.6 Å². The van der Waals surface area contributed by atoms with Crippen molar-refractivity contribution in [1.82, 2.24) is 10.6 Å². The van der Waals surface area contributed by atoms with Crippen LogP contribution in [0.5, 0.6) is 0 Å². The fraction of sp³-hybridized carbons (Fsp3) is 0.250. The van der Waals surface area contributed by atoms with Crippen molar-refractivity contribution in [1.29, 1.82) is 0 Å². The second-order valence-electron chi connectivity index (χ2n) is 6.29. The Kier molecular flexibility index (Phi) is 5.88. The van der Waals surface area contributed by atoms with Crippen molar-refractivity contribution in [2.75, 3.05) is 25.1 Å². The fourth-order valence-corrected chi connectivity index (χ4v) is 2.97.